The van der Waals surface area contributed by atoms with Gasteiger partial charge in [-0.1, -0.05) is 0 Å². The monoisotopic (exact) mass is 454 g/mol. The lowest BCUT2D eigenvalue weighted by atomic mass is 10.1. The number of ether oxygens (including phenoxy) is 2. The summed E-state index contributed by atoms with van der Waals surface area (Å²) >= 11 is 0. The molecule has 11 nitrogen and oxygen atoms in total. The van der Waals surface area contributed by atoms with Crippen molar-refractivity contribution in [3.63, 3.8) is 0 Å². The molecule has 3 aromatic heterocycles. The Labute approximate surface area is 189 Å². The number of rotatable bonds is 3. The summed E-state index contributed by atoms with van der Waals surface area (Å²) in [5.74, 6) is 0.524. The molecule has 5 rings (SSSR count). The molecule has 1 saturated heterocycles. The quantitative estimate of drug-likeness (QED) is 0.600. The Morgan fingerprint density at radius 3 is 2.82 bits per heavy atom. The first-order chi connectivity index (χ1) is 15.6. The van der Waals surface area contributed by atoms with Gasteiger partial charge in [0.05, 0.1) is 5.69 Å². The minimum Gasteiger partial charge on any atom is -0.469 e. The van der Waals surface area contributed by atoms with Crippen LogP contribution in [0.4, 0.5) is 11.5 Å². The minimum atomic E-state index is -0.615. The molecule has 33 heavy (non-hydrogen) atoms. The average molecular weight is 454 g/mol. The van der Waals surface area contributed by atoms with Gasteiger partial charge in [-0.25, -0.2) is 14.3 Å². The van der Waals surface area contributed by atoms with E-state index >= 15 is 0 Å². The second kappa shape index (κ2) is 7.39. The van der Waals surface area contributed by atoms with Crippen molar-refractivity contribution < 1.29 is 19.1 Å². The third-order valence-corrected chi connectivity index (χ3v) is 5.77. The number of pyridine rings is 1. The highest BCUT2D eigenvalue weighted by atomic mass is 16.6. The molecule has 0 aliphatic carbocycles. The molecule has 0 bridgehead atoms. The van der Waals surface area contributed by atoms with Crippen LogP contribution in [0.15, 0.2) is 29.2 Å². The number of carbonyl (C=O) groups excluding carboxylic acids is 2. The maximum Gasteiger partial charge on any atom is 0.350 e. The fourth-order valence-electron chi connectivity index (χ4n) is 4.27. The smallest absolute Gasteiger partial charge is 0.350 e. The van der Waals surface area contributed by atoms with Crippen molar-refractivity contribution >= 4 is 29.0 Å². The normalized spacial score (nSPS) is 18.0. The number of fused-ring (bicyclic) bond motifs is 2. The summed E-state index contributed by atoms with van der Waals surface area (Å²) in [5, 5.41) is 4.22. The van der Waals surface area contributed by atoms with Crippen molar-refractivity contribution in [3.8, 4) is 5.75 Å². The molecule has 0 aromatic carbocycles. The number of aromatic amines is 1. The van der Waals surface area contributed by atoms with Gasteiger partial charge in [-0.05, 0) is 39.7 Å². The number of H-pyrrole nitrogens is 1. The molecule has 1 N–H and O–H groups in total. The Morgan fingerprint density at radius 2 is 2.06 bits per heavy atom. The van der Waals surface area contributed by atoms with Crippen molar-refractivity contribution in [1.29, 1.82) is 0 Å². The van der Waals surface area contributed by atoms with E-state index in [0.717, 1.165) is 12.1 Å². The van der Waals surface area contributed by atoms with Crippen LogP contribution in [0, 0.1) is 0 Å². The molecule has 1 unspecified atom stereocenters. The number of hydrogen-bond donors (Lipinski definition) is 1. The van der Waals surface area contributed by atoms with Crippen LogP contribution in [0.3, 0.4) is 0 Å². The largest absolute Gasteiger partial charge is 0.469 e. The number of aromatic nitrogens is 4. The molecule has 0 radical (unpaired) electrons. The fraction of sp³-hybridized carbons (Fsp3) is 0.455. The number of likely N-dealkylation sites (tertiary alicyclic amines) is 1. The number of hydrogen-bond acceptors (Lipinski definition) is 7. The second-order valence-electron chi connectivity index (χ2n) is 9.31. The summed E-state index contributed by atoms with van der Waals surface area (Å²) in [6, 6.07) is 4.62. The summed E-state index contributed by atoms with van der Waals surface area (Å²) in [4.78, 5) is 44.5. The Morgan fingerprint density at radius 1 is 1.27 bits per heavy atom. The number of aryl methyl sites for hydroxylation is 1. The predicted octanol–water partition coefficient (Wildman–Crippen LogP) is 1.80. The molecule has 1 fully saturated rings. The van der Waals surface area contributed by atoms with Gasteiger partial charge in [0.1, 0.15) is 17.3 Å². The number of esters is 1. The average Bonchev–Trinajstić information content (AvgIpc) is 3.50. The van der Waals surface area contributed by atoms with Gasteiger partial charge in [0.25, 0.3) is 5.91 Å². The van der Waals surface area contributed by atoms with Gasteiger partial charge in [0.2, 0.25) is 0 Å². The topological polar surface area (TPSA) is 114 Å². The van der Waals surface area contributed by atoms with E-state index in [1.807, 2.05) is 25.7 Å². The Hall–Kier alpha value is -3.76. The second-order valence-corrected chi connectivity index (χ2v) is 9.31. The van der Waals surface area contributed by atoms with Crippen LogP contribution in [-0.4, -0.2) is 60.9 Å². The van der Waals surface area contributed by atoms with E-state index in [4.69, 9.17) is 9.47 Å². The highest BCUT2D eigenvalue weighted by molar-refractivity contribution is 5.97. The standard InChI is InChI=1S/C22H26N6O5/c1-22(2,3)33-20(30)15-6-5-8-26(15)19(29)14-11-16-18(23-14)28(12-32-16)13-7-9-27-17(10-13)24-25(4)21(27)31/h7,9-11,15,23H,5-6,8,12H2,1-4H3. The molecule has 5 heterocycles. The van der Waals surface area contributed by atoms with Crippen LogP contribution in [0.1, 0.15) is 44.1 Å². The highest BCUT2D eigenvalue weighted by Gasteiger charge is 2.38. The van der Waals surface area contributed by atoms with Crippen molar-refractivity contribution in [2.24, 2.45) is 7.05 Å². The van der Waals surface area contributed by atoms with Crippen LogP contribution >= 0.6 is 0 Å². The summed E-state index contributed by atoms with van der Waals surface area (Å²) in [6.45, 7) is 6.18. The third-order valence-electron chi connectivity index (χ3n) is 5.77. The van der Waals surface area contributed by atoms with Crippen LogP contribution < -0.4 is 15.3 Å². The Kier molecular flexibility index (Phi) is 4.73. The first-order valence-electron chi connectivity index (χ1n) is 10.8. The fourth-order valence-corrected chi connectivity index (χ4v) is 4.27. The molecule has 174 valence electrons. The van der Waals surface area contributed by atoms with Gasteiger partial charge in [0.15, 0.2) is 23.9 Å². The third kappa shape index (κ3) is 3.62. The number of amides is 1. The molecule has 3 aromatic rings. The number of nitrogens with one attached hydrogen (secondary N) is 1. The van der Waals surface area contributed by atoms with E-state index in [1.165, 1.54) is 9.08 Å². The SMILES string of the molecule is Cn1nc2cc(N3COc4cc(C(=O)N5CCCC5C(=O)OC(C)(C)C)[nH]c43)ccn2c1=O. The zero-order chi connectivity index (χ0) is 23.5. The molecule has 0 spiro atoms. The van der Waals surface area contributed by atoms with E-state index in [9.17, 15) is 14.4 Å². The van der Waals surface area contributed by atoms with Gasteiger partial charge in [-0.3, -0.25) is 14.1 Å². The number of carbonyl (C=O) groups is 2. The van der Waals surface area contributed by atoms with Gasteiger partial charge in [-0.2, -0.15) is 5.10 Å². The lowest BCUT2D eigenvalue weighted by Crippen LogP contribution is -2.43. The van der Waals surface area contributed by atoms with Crippen molar-refractivity contribution in [3.05, 3.63) is 40.6 Å². The molecule has 2 aliphatic heterocycles. The Bertz CT molecular complexity index is 1310. The van der Waals surface area contributed by atoms with E-state index in [1.54, 1.807) is 36.3 Å². The number of nitrogens with zero attached hydrogens (tertiary/aromatic N) is 5. The molecule has 1 amide bonds. The summed E-state index contributed by atoms with van der Waals surface area (Å²) < 4.78 is 14.0. The van der Waals surface area contributed by atoms with Crippen molar-refractivity contribution in [1.82, 2.24) is 24.1 Å². The van der Waals surface area contributed by atoms with Crippen LogP contribution in [0.5, 0.6) is 5.75 Å². The summed E-state index contributed by atoms with van der Waals surface area (Å²) in [7, 11) is 1.60. The molecular formula is C22H26N6O5. The zero-order valence-electron chi connectivity index (χ0n) is 19.0. The maximum absolute atomic E-state index is 13.3. The van der Waals surface area contributed by atoms with Crippen LogP contribution in [0.25, 0.3) is 5.65 Å². The minimum absolute atomic E-state index is 0.229. The summed E-state index contributed by atoms with van der Waals surface area (Å²) in [6.07, 6.45) is 2.97. The summed E-state index contributed by atoms with van der Waals surface area (Å²) in [5.41, 5.74) is 0.771. The molecule has 1 atom stereocenters. The van der Waals surface area contributed by atoms with E-state index in [2.05, 4.69) is 10.1 Å². The molecule has 0 saturated carbocycles. The van der Waals surface area contributed by atoms with Gasteiger partial charge in [0, 0.05) is 31.9 Å². The van der Waals surface area contributed by atoms with Gasteiger partial charge in [-0.15, -0.1) is 0 Å². The van der Waals surface area contributed by atoms with E-state index in [-0.39, 0.29) is 24.3 Å². The molecule has 2 aliphatic rings. The molecular weight excluding hydrogens is 428 g/mol. The van der Waals surface area contributed by atoms with E-state index < -0.39 is 11.6 Å². The van der Waals surface area contributed by atoms with Crippen LogP contribution in [-0.2, 0) is 16.6 Å². The first kappa shape index (κ1) is 21.1. The lowest BCUT2D eigenvalue weighted by Gasteiger charge is -2.27. The predicted molar refractivity (Wildman–Crippen MR) is 119 cm³/mol. The van der Waals surface area contributed by atoms with Crippen molar-refractivity contribution in [2.45, 2.75) is 45.3 Å². The zero-order valence-corrected chi connectivity index (χ0v) is 19.0. The Balaban J connectivity index is 1.40. The van der Waals surface area contributed by atoms with Gasteiger partial charge < -0.3 is 19.4 Å². The maximum atomic E-state index is 13.3. The highest BCUT2D eigenvalue weighted by Crippen LogP contribution is 2.39. The lowest BCUT2D eigenvalue weighted by molar-refractivity contribution is -0.159. The van der Waals surface area contributed by atoms with Crippen molar-refractivity contribution in [2.75, 3.05) is 18.2 Å². The molecule has 11 heteroatoms. The first-order valence-corrected chi connectivity index (χ1v) is 10.8. The van der Waals surface area contributed by atoms with Crippen LogP contribution in [0.2, 0.25) is 0 Å². The van der Waals surface area contributed by atoms with E-state index in [0.29, 0.717) is 35.9 Å². The number of anilines is 2. The van der Waals surface area contributed by atoms with Gasteiger partial charge >= 0.3 is 11.7 Å².